The van der Waals surface area contributed by atoms with E-state index in [1.165, 1.54) is 0 Å². The first-order valence-corrected chi connectivity index (χ1v) is 10.6. The molecule has 32 heavy (non-hydrogen) atoms. The summed E-state index contributed by atoms with van der Waals surface area (Å²) in [4.78, 5) is 25.0. The molecular weight excluding hydrogens is 408 g/mol. The predicted octanol–water partition coefficient (Wildman–Crippen LogP) is 4.63. The van der Waals surface area contributed by atoms with E-state index in [-0.39, 0.29) is 30.3 Å². The van der Waals surface area contributed by atoms with Gasteiger partial charge in [-0.15, -0.1) is 0 Å². The van der Waals surface area contributed by atoms with Gasteiger partial charge in [-0.2, -0.15) is 5.26 Å². The third-order valence-electron chi connectivity index (χ3n) is 4.93. The molecule has 0 aromatic heterocycles. The van der Waals surface area contributed by atoms with Gasteiger partial charge in [-0.25, -0.2) is 0 Å². The van der Waals surface area contributed by atoms with E-state index in [0.29, 0.717) is 35.8 Å². The summed E-state index contributed by atoms with van der Waals surface area (Å²) < 4.78 is 17.3. The highest BCUT2D eigenvalue weighted by atomic mass is 16.6. The number of fused-ring (bicyclic) bond motifs is 1. The Morgan fingerprint density at radius 3 is 2.53 bits per heavy atom. The number of carbonyl (C=O) groups is 2. The second kappa shape index (κ2) is 9.84. The Balaban J connectivity index is 1.78. The molecule has 2 aromatic carbocycles. The molecule has 0 aliphatic carbocycles. The van der Waals surface area contributed by atoms with Crippen LogP contribution >= 0.6 is 0 Å². The van der Waals surface area contributed by atoms with E-state index in [4.69, 9.17) is 19.5 Å². The lowest BCUT2D eigenvalue weighted by molar-refractivity contribution is -0.158. The van der Waals surface area contributed by atoms with E-state index in [1.54, 1.807) is 36.4 Å². The van der Waals surface area contributed by atoms with Crippen LogP contribution in [-0.2, 0) is 14.3 Å². The molecule has 2 aromatic rings. The van der Waals surface area contributed by atoms with Crippen LogP contribution < -0.4 is 10.1 Å². The molecule has 0 saturated heterocycles. The summed E-state index contributed by atoms with van der Waals surface area (Å²) in [6.45, 7) is 8.21. The Labute approximate surface area is 188 Å². The molecule has 0 radical (unpaired) electrons. The normalized spacial score (nSPS) is 17.5. The number of rotatable bonds is 6. The van der Waals surface area contributed by atoms with Crippen LogP contribution in [0.5, 0.6) is 5.75 Å². The molecule has 2 unspecified atom stereocenters. The third kappa shape index (κ3) is 5.86. The minimum absolute atomic E-state index is 0.170. The van der Waals surface area contributed by atoms with Gasteiger partial charge in [0, 0.05) is 29.3 Å². The van der Waals surface area contributed by atoms with Crippen molar-refractivity contribution >= 4 is 17.6 Å². The van der Waals surface area contributed by atoms with Crippen molar-refractivity contribution in [2.45, 2.75) is 45.8 Å². The van der Waals surface area contributed by atoms with Gasteiger partial charge in [-0.3, -0.25) is 9.59 Å². The van der Waals surface area contributed by atoms with Gasteiger partial charge in [0.25, 0.3) is 5.91 Å². The highest BCUT2D eigenvalue weighted by Gasteiger charge is 2.34. The molecule has 1 heterocycles. The number of anilines is 1. The maximum Gasteiger partial charge on any atom is 0.306 e. The molecule has 0 bridgehead atoms. The number of carbonyl (C=O) groups excluding carboxylic acids is 2. The molecule has 168 valence electrons. The zero-order chi connectivity index (χ0) is 23.3. The van der Waals surface area contributed by atoms with Crippen molar-refractivity contribution in [1.29, 1.82) is 5.26 Å². The van der Waals surface area contributed by atoms with Crippen molar-refractivity contribution in [3.05, 3.63) is 59.2 Å². The molecule has 2 atom stereocenters. The average Bonchev–Trinajstić information content (AvgIpc) is 2.74. The molecule has 1 aliphatic heterocycles. The van der Waals surface area contributed by atoms with Crippen LogP contribution in [0.3, 0.4) is 0 Å². The van der Waals surface area contributed by atoms with E-state index in [0.717, 1.165) is 5.56 Å². The van der Waals surface area contributed by atoms with E-state index in [2.05, 4.69) is 5.32 Å². The fourth-order valence-electron chi connectivity index (χ4n) is 3.59. The van der Waals surface area contributed by atoms with E-state index < -0.39 is 5.60 Å². The molecule has 1 amide bonds. The van der Waals surface area contributed by atoms with E-state index in [9.17, 15) is 9.59 Å². The fraction of sp³-hybridized carbons (Fsp3) is 0.400. The van der Waals surface area contributed by atoms with Gasteiger partial charge in [0.05, 0.1) is 30.8 Å². The highest BCUT2D eigenvalue weighted by Crippen LogP contribution is 2.41. The SMILES string of the molecule is CCOC1c2cc(NC(=O)c3ccc(C#N)cc3)ccc2OCC1CC(=O)OC(C)(C)C. The molecule has 0 saturated carbocycles. The van der Waals surface area contributed by atoms with Crippen molar-refractivity contribution in [2.24, 2.45) is 5.92 Å². The minimum atomic E-state index is -0.561. The van der Waals surface area contributed by atoms with Gasteiger partial charge < -0.3 is 19.5 Å². The Kier molecular flexibility index (Phi) is 7.16. The maximum atomic E-state index is 12.6. The van der Waals surface area contributed by atoms with Gasteiger partial charge in [0.1, 0.15) is 11.4 Å². The Morgan fingerprint density at radius 2 is 1.91 bits per heavy atom. The molecule has 3 rings (SSSR count). The summed E-state index contributed by atoms with van der Waals surface area (Å²) in [5, 5.41) is 11.8. The van der Waals surface area contributed by atoms with Crippen LogP contribution in [0, 0.1) is 17.2 Å². The smallest absolute Gasteiger partial charge is 0.306 e. The van der Waals surface area contributed by atoms with E-state index in [1.807, 2.05) is 39.8 Å². The topological polar surface area (TPSA) is 97.6 Å². The second-order valence-corrected chi connectivity index (χ2v) is 8.63. The summed E-state index contributed by atoms with van der Waals surface area (Å²) in [7, 11) is 0. The standard InChI is InChI=1S/C25H28N2O5/c1-5-30-23-18(12-22(28)32-25(2,3)4)15-31-21-11-10-19(13-20(21)23)27-24(29)17-8-6-16(14-26)7-9-17/h6-11,13,18,23H,5,12,15H2,1-4H3,(H,27,29). The zero-order valence-corrected chi connectivity index (χ0v) is 18.8. The lowest BCUT2D eigenvalue weighted by Gasteiger charge is -2.33. The van der Waals surface area contributed by atoms with Crippen LogP contribution in [0.4, 0.5) is 5.69 Å². The maximum absolute atomic E-state index is 12.6. The van der Waals surface area contributed by atoms with Crippen molar-refractivity contribution in [3.63, 3.8) is 0 Å². The van der Waals surface area contributed by atoms with Gasteiger partial charge in [-0.1, -0.05) is 0 Å². The summed E-state index contributed by atoms with van der Waals surface area (Å²) in [5.74, 6) is -0.129. The Hall–Kier alpha value is -3.37. The van der Waals surface area contributed by atoms with Crippen LogP contribution in [0.15, 0.2) is 42.5 Å². The third-order valence-corrected chi connectivity index (χ3v) is 4.93. The van der Waals surface area contributed by atoms with Gasteiger partial charge >= 0.3 is 5.97 Å². The average molecular weight is 437 g/mol. The molecule has 7 heteroatoms. The number of hydrogen-bond acceptors (Lipinski definition) is 6. The van der Waals surface area contributed by atoms with Crippen LogP contribution in [-0.4, -0.2) is 30.7 Å². The minimum Gasteiger partial charge on any atom is -0.493 e. The largest absolute Gasteiger partial charge is 0.493 e. The first kappa shape index (κ1) is 23.3. The van der Waals surface area contributed by atoms with Crippen LogP contribution in [0.1, 0.15) is 61.7 Å². The molecule has 7 nitrogen and oxygen atoms in total. The van der Waals surface area contributed by atoms with Crippen LogP contribution in [0.25, 0.3) is 0 Å². The predicted molar refractivity (Wildman–Crippen MR) is 119 cm³/mol. The van der Waals surface area contributed by atoms with Gasteiger partial charge in [0.15, 0.2) is 0 Å². The summed E-state index contributed by atoms with van der Waals surface area (Å²) >= 11 is 0. The number of nitrogens with zero attached hydrogens (tertiary/aromatic N) is 1. The second-order valence-electron chi connectivity index (χ2n) is 8.63. The number of esters is 1. The summed E-state index contributed by atoms with van der Waals surface area (Å²) in [6.07, 6.45) is -0.188. The van der Waals surface area contributed by atoms with Gasteiger partial charge in [0.2, 0.25) is 0 Å². The summed E-state index contributed by atoms with van der Waals surface area (Å²) in [6, 6.07) is 13.8. The number of amides is 1. The number of hydrogen-bond donors (Lipinski definition) is 1. The molecular formula is C25H28N2O5. The number of ether oxygens (including phenoxy) is 3. The van der Waals surface area contributed by atoms with Crippen LogP contribution in [0.2, 0.25) is 0 Å². The lowest BCUT2D eigenvalue weighted by atomic mass is 9.90. The molecule has 0 fully saturated rings. The van der Waals surface area contributed by atoms with E-state index >= 15 is 0 Å². The fourth-order valence-corrected chi connectivity index (χ4v) is 3.59. The Morgan fingerprint density at radius 1 is 1.19 bits per heavy atom. The number of nitriles is 1. The van der Waals surface area contributed by atoms with Crippen molar-refractivity contribution in [2.75, 3.05) is 18.5 Å². The quantitative estimate of drug-likeness (QED) is 0.663. The Bertz CT molecular complexity index is 1020. The van der Waals surface area contributed by atoms with Gasteiger partial charge in [-0.05, 0) is 70.2 Å². The molecule has 0 spiro atoms. The summed E-state index contributed by atoms with van der Waals surface area (Å²) in [5.41, 5.74) is 1.74. The zero-order valence-electron chi connectivity index (χ0n) is 18.8. The first-order valence-electron chi connectivity index (χ1n) is 10.6. The lowest BCUT2D eigenvalue weighted by Crippen LogP contribution is -2.32. The van der Waals surface area contributed by atoms with Crippen molar-refractivity contribution in [1.82, 2.24) is 0 Å². The number of benzene rings is 2. The number of nitrogens with one attached hydrogen (secondary N) is 1. The molecule has 1 aliphatic rings. The van der Waals surface area contributed by atoms with Crippen molar-refractivity contribution in [3.8, 4) is 11.8 Å². The van der Waals surface area contributed by atoms with Crippen molar-refractivity contribution < 1.29 is 23.8 Å². The highest BCUT2D eigenvalue weighted by molar-refractivity contribution is 6.04. The first-order chi connectivity index (χ1) is 15.2. The monoisotopic (exact) mass is 436 g/mol. The molecule has 1 N–H and O–H groups in total.